The van der Waals surface area contributed by atoms with Gasteiger partial charge in [0.05, 0.1) is 15.1 Å². The molecule has 0 bridgehead atoms. The van der Waals surface area contributed by atoms with E-state index in [2.05, 4.69) is 82.9 Å². The SMILES string of the molecule is CC1CCC(Cc2ncc(Cc3c[nH]c4ncc(Cl)cc34)cn2)CC1.CC1CCC(Cc2ncc(Cc3cn(Sc4ccccc4)c4ncc(Cl)cc34)cn2)CC1.CC1CCC(N)CC1.CS(=O)(=O)c1ncc(Cc2cn(Sc3ccccc3)c3ncc(Cl)cc23)cn1.O.O.O.O. The second-order valence-corrected chi connectivity index (χ2v) is 30.9. The van der Waals surface area contributed by atoms with Gasteiger partial charge >= 0.3 is 0 Å². The summed E-state index contributed by atoms with van der Waals surface area (Å²) in [7, 11) is -3.42. The summed E-state index contributed by atoms with van der Waals surface area (Å²) < 4.78 is 27.2. The third-order valence-electron chi connectivity index (χ3n) is 17.8. The Labute approximate surface area is 591 Å². The van der Waals surface area contributed by atoms with Gasteiger partial charge in [0, 0.05) is 145 Å². The highest BCUT2D eigenvalue weighted by molar-refractivity contribution is 7.98. The highest BCUT2D eigenvalue weighted by Crippen LogP contribution is 2.35. The van der Waals surface area contributed by atoms with E-state index in [1.165, 1.54) is 101 Å². The van der Waals surface area contributed by atoms with Crippen molar-refractivity contribution in [1.82, 2.24) is 57.8 Å². The fourth-order valence-electron chi connectivity index (χ4n) is 12.3. The van der Waals surface area contributed by atoms with Gasteiger partial charge in [-0.3, -0.25) is 7.94 Å². The largest absolute Gasteiger partial charge is 0.412 e. The molecule has 0 saturated heterocycles. The van der Waals surface area contributed by atoms with Gasteiger partial charge in [0.25, 0.3) is 0 Å². The fourth-order valence-corrected chi connectivity index (χ4v) is 15.1. The van der Waals surface area contributed by atoms with E-state index in [0.717, 1.165) is 138 Å². The number of pyridine rings is 3. The molecule has 2 aromatic carbocycles. The zero-order valence-corrected chi connectivity index (χ0v) is 59.8. The summed E-state index contributed by atoms with van der Waals surface area (Å²) in [6.07, 6.45) is 43.1. The van der Waals surface area contributed by atoms with E-state index in [1.54, 1.807) is 42.5 Å². The third-order valence-corrected chi connectivity index (χ3v) is 21.2. The quantitative estimate of drug-likeness (QED) is 0.0902. The monoisotopic (exact) mass is 1430 g/mol. The molecular formula is C72H88Cl3N13O6S3. The van der Waals surface area contributed by atoms with Crippen LogP contribution in [0.5, 0.6) is 0 Å². The second kappa shape index (κ2) is 36.8. The number of aromatic amines is 1. The molecule has 3 aliphatic carbocycles. The van der Waals surface area contributed by atoms with Crippen molar-refractivity contribution in [3.63, 3.8) is 0 Å². The molecule has 9 aromatic heterocycles. The van der Waals surface area contributed by atoms with E-state index in [0.29, 0.717) is 27.5 Å². The summed E-state index contributed by atoms with van der Waals surface area (Å²) in [5, 5.41) is 4.75. The highest BCUT2D eigenvalue weighted by Gasteiger charge is 2.22. The first-order valence-electron chi connectivity index (χ1n) is 32.3. The lowest BCUT2D eigenvalue weighted by Gasteiger charge is -2.25. The van der Waals surface area contributed by atoms with Crippen LogP contribution in [0, 0.1) is 29.6 Å². The Bertz CT molecular complexity index is 4310. The molecule has 11 N–H and O–H groups in total. The van der Waals surface area contributed by atoms with E-state index >= 15 is 0 Å². The van der Waals surface area contributed by atoms with Crippen LogP contribution in [0.4, 0.5) is 0 Å². The number of aromatic nitrogens is 12. The Morgan fingerprint density at radius 3 is 1.23 bits per heavy atom. The number of rotatable bonds is 15. The van der Waals surface area contributed by atoms with Crippen LogP contribution in [0.15, 0.2) is 168 Å². The summed E-state index contributed by atoms with van der Waals surface area (Å²) in [4.78, 5) is 45.4. The highest BCUT2D eigenvalue weighted by atomic mass is 35.5. The van der Waals surface area contributed by atoms with Gasteiger partial charge in [-0.2, -0.15) is 0 Å². The number of hydrogen-bond acceptors (Lipinski definition) is 14. The smallest absolute Gasteiger partial charge is 0.246 e. The Morgan fingerprint density at radius 2 is 0.835 bits per heavy atom. The molecule has 0 aliphatic heterocycles. The molecule has 0 amide bonds. The topological polar surface area (TPSA) is 328 Å². The van der Waals surface area contributed by atoms with Crippen molar-refractivity contribution in [2.45, 2.75) is 151 Å². The first kappa shape index (κ1) is 77.4. The Morgan fingerprint density at radius 1 is 0.474 bits per heavy atom. The summed E-state index contributed by atoms with van der Waals surface area (Å²) in [6, 6.07) is 26.7. The minimum Gasteiger partial charge on any atom is -0.412 e. The molecule has 516 valence electrons. The van der Waals surface area contributed by atoms with Gasteiger partial charge in [-0.25, -0.2) is 53.3 Å². The number of fused-ring (bicyclic) bond motifs is 3. The zero-order chi connectivity index (χ0) is 64.8. The van der Waals surface area contributed by atoms with Gasteiger partial charge in [0.1, 0.15) is 17.3 Å². The van der Waals surface area contributed by atoms with Crippen molar-refractivity contribution in [3.05, 3.63) is 213 Å². The van der Waals surface area contributed by atoms with Crippen molar-refractivity contribution in [2.75, 3.05) is 6.26 Å². The minimum absolute atomic E-state index is 0. The number of hydrogen-bond donors (Lipinski definition) is 2. The lowest BCUT2D eigenvalue weighted by Crippen LogP contribution is -2.25. The molecule has 11 aromatic rings. The van der Waals surface area contributed by atoms with E-state index in [-0.39, 0.29) is 27.1 Å². The van der Waals surface area contributed by atoms with Crippen LogP contribution >= 0.6 is 58.7 Å². The van der Waals surface area contributed by atoms with Crippen molar-refractivity contribution in [1.29, 1.82) is 0 Å². The number of nitrogens with one attached hydrogen (secondary N) is 1. The molecular weight excluding hydrogens is 1350 g/mol. The number of nitrogens with zero attached hydrogens (tertiary/aromatic N) is 11. The predicted octanol–water partition coefficient (Wildman–Crippen LogP) is 14.2. The molecule has 97 heavy (non-hydrogen) atoms. The number of sulfone groups is 1. The van der Waals surface area contributed by atoms with Crippen molar-refractivity contribution in [2.24, 2.45) is 35.3 Å². The average molecular weight is 1430 g/mol. The Kier molecular flexibility index (Phi) is 29.3. The molecule has 0 atom stereocenters. The van der Waals surface area contributed by atoms with Gasteiger partial charge in [0.15, 0.2) is 11.3 Å². The number of halogens is 3. The Balaban J connectivity index is 0.000000191. The lowest BCUT2D eigenvalue weighted by atomic mass is 9.81. The number of H-pyrrole nitrogens is 1. The van der Waals surface area contributed by atoms with Gasteiger partial charge < -0.3 is 32.6 Å². The maximum Gasteiger partial charge on any atom is 0.246 e. The van der Waals surface area contributed by atoms with E-state index < -0.39 is 9.84 Å². The van der Waals surface area contributed by atoms with Gasteiger partial charge in [-0.15, -0.1) is 0 Å². The van der Waals surface area contributed by atoms with Gasteiger partial charge in [0.2, 0.25) is 15.0 Å². The first-order valence-corrected chi connectivity index (χ1v) is 36.8. The third kappa shape index (κ3) is 22.0. The fraction of sp³-hybridized carbons (Fsp3) is 0.375. The van der Waals surface area contributed by atoms with Crippen LogP contribution in [0.1, 0.15) is 143 Å². The van der Waals surface area contributed by atoms with Crippen molar-refractivity contribution >= 4 is 102 Å². The maximum atomic E-state index is 11.5. The molecule has 3 aliphatic rings. The number of benzene rings is 2. The minimum atomic E-state index is -3.42. The van der Waals surface area contributed by atoms with E-state index in [1.807, 2.05) is 108 Å². The van der Waals surface area contributed by atoms with Crippen molar-refractivity contribution in [3.8, 4) is 0 Å². The number of nitrogens with two attached hydrogens (primary N) is 1. The van der Waals surface area contributed by atoms with E-state index in [4.69, 9.17) is 50.5 Å². The standard InChI is InChI=1S/C26H27ClN4S.C20H23ClN4.C19H15ClN4O2S2.C7H15N.4H2O/c1-18-7-9-19(10-8-18)12-25-28-14-20(15-29-25)11-21-17-31(32-23-5-3-2-4-6-23)26-24(21)13-22(27)16-30-26;1-13-2-4-14(5-3-13)7-19-22-9-15(10-23-19)6-16-11-24-20-18(16)8-17(21)12-25-20;1-28(25,26)19-22-9-13(10-23-19)7-14-12-24(27-16-5-3-2-4-6-16)18-17(14)8-15(20)11-21-18;1-6-2-4-7(8)5-3-6;;;;/h2-6,13-19H,7-12H2,1H3;8-14H,2-7H2,1H3,(H,24,25);2-6,8-12H,7H2,1H3;6-7H,2-5,8H2,1H3;4*1H2. The van der Waals surface area contributed by atoms with Crippen LogP contribution < -0.4 is 5.73 Å². The molecule has 14 rings (SSSR count). The summed E-state index contributed by atoms with van der Waals surface area (Å²) >= 11 is 21.7. The first-order chi connectivity index (χ1) is 45.0. The predicted molar refractivity (Wildman–Crippen MR) is 393 cm³/mol. The van der Waals surface area contributed by atoms with Crippen LogP contribution in [0.25, 0.3) is 33.1 Å². The van der Waals surface area contributed by atoms with Gasteiger partial charge in [-0.1, -0.05) is 118 Å². The van der Waals surface area contributed by atoms with Gasteiger partial charge in [-0.05, 0) is 181 Å². The molecule has 0 radical (unpaired) electrons. The molecule has 3 saturated carbocycles. The Hall–Kier alpha value is -6.93. The summed E-state index contributed by atoms with van der Waals surface area (Å²) in [5.41, 5.74) is 14.7. The normalized spacial score (nSPS) is 18.3. The van der Waals surface area contributed by atoms with Crippen molar-refractivity contribution < 1.29 is 30.3 Å². The van der Waals surface area contributed by atoms with E-state index in [9.17, 15) is 8.42 Å². The average Bonchev–Trinajstić information content (AvgIpc) is 1.68. The second-order valence-electron chi connectivity index (χ2n) is 25.6. The lowest BCUT2D eigenvalue weighted by molar-refractivity contribution is 0.286. The molecule has 0 spiro atoms. The molecule has 19 nitrogen and oxygen atoms in total. The summed E-state index contributed by atoms with van der Waals surface area (Å²) in [5.74, 6) is 6.14. The van der Waals surface area contributed by atoms with Crippen LogP contribution in [-0.4, -0.2) is 100 Å². The maximum absolute atomic E-state index is 11.5. The molecule has 9 heterocycles. The van der Waals surface area contributed by atoms with Crippen LogP contribution in [-0.2, 0) is 41.9 Å². The van der Waals surface area contributed by atoms with Crippen LogP contribution in [0.3, 0.4) is 0 Å². The molecule has 25 heteroatoms. The van der Waals surface area contributed by atoms with Crippen LogP contribution in [0.2, 0.25) is 15.1 Å². The molecule has 3 fully saturated rings. The zero-order valence-electron chi connectivity index (χ0n) is 55.1. The molecule has 0 unspecified atom stereocenters. The summed E-state index contributed by atoms with van der Waals surface area (Å²) in [6.45, 7) is 7.03.